The summed E-state index contributed by atoms with van der Waals surface area (Å²) in [7, 11) is 0. The van der Waals surface area contributed by atoms with Gasteiger partial charge in [0, 0.05) is 17.6 Å². The van der Waals surface area contributed by atoms with Gasteiger partial charge in [-0.05, 0) is 51.4 Å². The molecule has 0 amide bonds. The Kier molecular flexibility index (Phi) is 4.10. The summed E-state index contributed by atoms with van der Waals surface area (Å²) in [6.07, 6.45) is 4.57. The summed E-state index contributed by atoms with van der Waals surface area (Å²) in [4.78, 5) is 4.22. The molecule has 1 aliphatic rings. The SMILES string of the molecule is CC1CCCN1.Cc1ccc2ncccc2c1. The summed E-state index contributed by atoms with van der Waals surface area (Å²) in [6.45, 7) is 5.56. The zero-order valence-corrected chi connectivity index (χ0v) is 10.6. The van der Waals surface area contributed by atoms with Crippen LogP contribution >= 0.6 is 0 Å². The van der Waals surface area contributed by atoms with Gasteiger partial charge in [-0.2, -0.15) is 0 Å². The molecule has 2 nitrogen and oxygen atoms in total. The maximum Gasteiger partial charge on any atom is 0.0702 e. The highest BCUT2D eigenvalue weighted by Gasteiger charge is 2.05. The fourth-order valence-electron chi connectivity index (χ4n) is 2.05. The molecule has 0 radical (unpaired) electrons. The van der Waals surface area contributed by atoms with Gasteiger partial charge in [-0.1, -0.05) is 17.7 Å². The molecule has 1 atom stereocenters. The number of rotatable bonds is 0. The van der Waals surface area contributed by atoms with Crippen molar-refractivity contribution in [2.24, 2.45) is 0 Å². The lowest BCUT2D eigenvalue weighted by Crippen LogP contribution is -2.16. The normalized spacial score (nSPS) is 18.8. The number of nitrogens with zero attached hydrogens (tertiary/aromatic N) is 1. The molecule has 1 aromatic heterocycles. The van der Waals surface area contributed by atoms with Crippen molar-refractivity contribution in [3.63, 3.8) is 0 Å². The highest BCUT2D eigenvalue weighted by atomic mass is 14.9. The first-order chi connectivity index (χ1) is 8.25. The quantitative estimate of drug-likeness (QED) is 0.748. The van der Waals surface area contributed by atoms with Gasteiger partial charge < -0.3 is 5.32 Å². The molecule has 90 valence electrons. The molecule has 2 heterocycles. The highest BCUT2D eigenvalue weighted by molar-refractivity contribution is 5.78. The number of hydrogen-bond acceptors (Lipinski definition) is 2. The first-order valence-corrected chi connectivity index (χ1v) is 6.30. The van der Waals surface area contributed by atoms with E-state index in [1.54, 1.807) is 0 Å². The van der Waals surface area contributed by atoms with Crippen LogP contribution in [0.15, 0.2) is 36.5 Å². The van der Waals surface area contributed by atoms with Gasteiger partial charge in [0.05, 0.1) is 5.52 Å². The molecule has 1 unspecified atom stereocenters. The average Bonchev–Trinajstić information content (AvgIpc) is 2.81. The van der Waals surface area contributed by atoms with E-state index in [2.05, 4.69) is 42.3 Å². The Hall–Kier alpha value is -1.41. The van der Waals surface area contributed by atoms with Crippen LogP contribution in [0.4, 0.5) is 0 Å². The lowest BCUT2D eigenvalue weighted by atomic mass is 10.1. The number of benzene rings is 1. The number of pyridine rings is 1. The van der Waals surface area contributed by atoms with E-state index >= 15 is 0 Å². The summed E-state index contributed by atoms with van der Waals surface area (Å²) < 4.78 is 0. The van der Waals surface area contributed by atoms with Crippen molar-refractivity contribution in [1.29, 1.82) is 0 Å². The number of nitrogens with one attached hydrogen (secondary N) is 1. The standard InChI is InChI=1S/C10H9N.C5H11N/c1-8-4-5-10-9(7-8)3-2-6-11-10;1-5-3-2-4-6-5/h2-7H,1H3;5-6H,2-4H2,1H3. The molecule has 1 fully saturated rings. The molecular weight excluding hydrogens is 208 g/mol. The minimum absolute atomic E-state index is 0.796. The van der Waals surface area contributed by atoms with Crippen LogP contribution in [0, 0.1) is 6.92 Å². The van der Waals surface area contributed by atoms with Crippen LogP contribution < -0.4 is 5.32 Å². The second-order valence-electron chi connectivity index (χ2n) is 4.70. The van der Waals surface area contributed by atoms with E-state index in [1.807, 2.05) is 18.3 Å². The van der Waals surface area contributed by atoms with Crippen molar-refractivity contribution >= 4 is 10.9 Å². The summed E-state index contributed by atoms with van der Waals surface area (Å²) >= 11 is 0. The highest BCUT2D eigenvalue weighted by Crippen LogP contribution is 2.11. The van der Waals surface area contributed by atoms with E-state index in [-0.39, 0.29) is 0 Å². The van der Waals surface area contributed by atoms with E-state index in [9.17, 15) is 0 Å². The van der Waals surface area contributed by atoms with Crippen LogP contribution in [-0.2, 0) is 0 Å². The van der Waals surface area contributed by atoms with Crippen LogP contribution in [0.5, 0.6) is 0 Å². The summed E-state index contributed by atoms with van der Waals surface area (Å²) in [5.41, 5.74) is 2.35. The van der Waals surface area contributed by atoms with Crippen LogP contribution in [0.25, 0.3) is 10.9 Å². The van der Waals surface area contributed by atoms with Crippen molar-refractivity contribution in [2.45, 2.75) is 32.7 Å². The van der Waals surface area contributed by atoms with Crippen molar-refractivity contribution in [3.05, 3.63) is 42.1 Å². The topological polar surface area (TPSA) is 24.9 Å². The zero-order valence-electron chi connectivity index (χ0n) is 10.6. The Morgan fingerprint density at radius 1 is 1.29 bits per heavy atom. The van der Waals surface area contributed by atoms with E-state index < -0.39 is 0 Å². The van der Waals surface area contributed by atoms with Gasteiger partial charge in [0.1, 0.15) is 0 Å². The maximum absolute atomic E-state index is 4.22. The van der Waals surface area contributed by atoms with Gasteiger partial charge >= 0.3 is 0 Å². The lowest BCUT2D eigenvalue weighted by Gasteiger charge is -1.95. The number of fused-ring (bicyclic) bond motifs is 1. The minimum atomic E-state index is 0.796. The second kappa shape index (κ2) is 5.78. The first-order valence-electron chi connectivity index (χ1n) is 6.30. The Morgan fingerprint density at radius 3 is 2.82 bits per heavy atom. The summed E-state index contributed by atoms with van der Waals surface area (Å²) in [5.74, 6) is 0. The molecule has 0 saturated carbocycles. The Labute approximate surface area is 103 Å². The van der Waals surface area contributed by atoms with E-state index in [1.165, 1.54) is 30.3 Å². The van der Waals surface area contributed by atoms with Crippen LogP contribution in [-0.4, -0.2) is 17.6 Å². The molecule has 1 N–H and O–H groups in total. The number of aryl methyl sites for hydroxylation is 1. The fraction of sp³-hybridized carbons (Fsp3) is 0.400. The van der Waals surface area contributed by atoms with Gasteiger partial charge in [0.25, 0.3) is 0 Å². The molecule has 0 aliphatic carbocycles. The summed E-state index contributed by atoms with van der Waals surface area (Å²) in [6, 6.07) is 11.1. The Bertz CT molecular complexity index is 473. The molecule has 2 aromatic rings. The molecule has 1 aliphatic heterocycles. The van der Waals surface area contributed by atoms with Gasteiger partial charge in [0.2, 0.25) is 0 Å². The second-order valence-corrected chi connectivity index (χ2v) is 4.70. The molecule has 3 rings (SSSR count). The molecule has 17 heavy (non-hydrogen) atoms. The Balaban J connectivity index is 0.000000153. The molecule has 2 heteroatoms. The van der Waals surface area contributed by atoms with E-state index in [4.69, 9.17) is 0 Å². The van der Waals surface area contributed by atoms with Crippen LogP contribution in [0.3, 0.4) is 0 Å². The van der Waals surface area contributed by atoms with Gasteiger partial charge in [0.15, 0.2) is 0 Å². The number of hydrogen-bond donors (Lipinski definition) is 1. The molecule has 1 saturated heterocycles. The first kappa shape index (κ1) is 12.1. The number of aromatic nitrogens is 1. The predicted molar refractivity (Wildman–Crippen MR) is 73.2 cm³/mol. The molecule has 0 bridgehead atoms. The smallest absolute Gasteiger partial charge is 0.0702 e. The van der Waals surface area contributed by atoms with E-state index in [0.717, 1.165) is 11.6 Å². The third-order valence-electron chi connectivity index (χ3n) is 3.07. The minimum Gasteiger partial charge on any atom is -0.314 e. The van der Waals surface area contributed by atoms with Crippen molar-refractivity contribution < 1.29 is 0 Å². The van der Waals surface area contributed by atoms with E-state index in [0.29, 0.717) is 0 Å². The maximum atomic E-state index is 4.22. The Morgan fingerprint density at radius 2 is 2.18 bits per heavy atom. The predicted octanol–water partition coefficient (Wildman–Crippen LogP) is 3.30. The van der Waals surface area contributed by atoms with Gasteiger partial charge in [-0.25, -0.2) is 0 Å². The monoisotopic (exact) mass is 228 g/mol. The molecular formula is C15H20N2. The molecule has 0 spiro atoms. The third kappa shape index (κ3) is 3.53. The van der Waals surface area contributed by atoms with Crippen molar-refractivity contribution in [2.75, 3.05) is 6.54 Å². The lowest BCUT2D eigenvalue weighted by molar-refractivity contribution is 0.664. The fourth-order valence-corrected chi connectivity index (χ4v) is 2.05. The van der Waals surface area contributed by atoms with Crippen molar-refractivity contribution in [1.82, 2.24) is 10.3 Å². The molecule has 1 aromatic carbocycles. The average molecular weight is 228 g/mol. The van der Waals surface area contributed by atoms with Crippen LogP contribution in [0.2, 0.25) is 0 Å². The largest absolute Gasteiger partial charge is 0.314 e. The van der Waals surface area contributed by atoms with Crippen molar-refractivity contribution in [3.8, 4) is 0 Å². The summed E-state index contributed by atoms with van der Waals surface area (Å²) in [5, 5.41) is 4.53. The van der Waals surface area contributed by atoms with Gasteiger partial charge in [-0.15, -0.1) is 0 Å². The zero-order chi connectivity index (χ0) is 12.1. The van der Waals surface area contributed by atoms with Crippen LogP contribution in [0.1, 0.15) is 25.3 Å². The third-order valence-corrected chi connectivity index (χ3v) is 3.07. The van der Waals surface area contributed by atoms with Gasteiger partial charge in [-0.3, -0.25) is 4.98 Å².